The van der Waals surface area contributed by atoms with Gasteiger partial charge in [0.05, 0.1) is 0 Å². The van der Waals surface area contributed by atoms with Crippen LogP contribution in [0.2, 0.25) is 13.3 Å². The van der Waals surface area contributed by atoms with Gasteiger partial charge in [-0.25, -0.2) is 4.98 Å². The van der Waals surface area contributed by atoms with Crippen molar-refractivity contribution in [3.63, 3.8) is 0 Å². The van der Waals surface area contributed by atoms with Gasteiger partial charge in [0.1, 0.15) is 4.60 Å². The third-order valence-electron chi connectivity index (χ3n) is 5.48. The molecule has 0 atom stereocenters. The Morgan fingerprint density at radius 2 is 1.20 bits per heavy atom. The van der Waals surface area contributed by atoms with E-state index in [2.05, 4.69) is 66.3 Å². The topological polar surface area (TPSA) is 25.8 Å². The summed E-state index contributed by atoms with van der Waals surface area (Å²) in [6.45, 7) is 7.00. The second-order valence-electron chi connectivity index (χ2n) is 7.70. The van der Waals surface area contributed by atoms with Crippen LogP contribution in [0.3, 0.4) is 0 Å². The van der Waals surface area contributed by atoms with Crippen molar-refractivity contribution in [2.45, 2.75) is 82.4 Å². The molecule has 0 fully saturated rings. The zero-order valence-electron chi connectivity index (χ0n) is 19.4. The molecule has 2 rings (SSSR count). The fourth-order valence-corrected chi connectivity index (χ4v) is 19.9. The number of nitrogens with zero attached hydrogens (tertiary/aromatic N) is 2. The SMILES string of the molecule is CCC[CH2][Sn]([CH2]CCC)([CH2]CCC)[c]1ccc(SC)cn1.CSc1ccc(Br)nc1. The molecule has 0 amide bonds. The average molecular weight is 618 g/mol. The van der Waals surface area contributed by atoms with Crippen molar-refractivity contribution in [1.82, 2.24) is 9.97 Å². The van der Waals surface area contributed by atoms with Gasteiger partial charge in [0.15, 0.2) is 0 Å². The van der Waals surface area contributed by atoms with E-state index in [9.17, 15) is 0 Å². The van der Waals surface area contributed by atoms with Crippen molar-refractivity contribution < 1.29 is 0 Å². The van der Waals surface area contributed by atoms with Crippen molar-refractivity contribution in [3.8, 4) is 0 Å². The third kappa shape index (κ3) is 10.3. The van der Waals surface area contributed by atoms with Crippen molar-refractivity contribution in [3.05, 3.63) is 41.3 Å². The van der Waals surface area contributed by atoms with Crippen molar-refractivity contribution in [1.29, 1.82) is 0 Å². The molecule has 0 aliphatic carbocycles. The maximum atomic E-state index is 4.95. The van der Waals surface area contributed by atoms with Crippen molar-refractivity contribution in [2.24, 2.45) is 0 Å². The quantitative estimate of drug-likeness (QED) is 0.136. The van der Waals surface area contributed by atoms with Crippen LogP contribution in [0.25, 0.3) is 0 Å². The Hall–Kier alpha value is 0.279. The Bertz CT molecular complexity index is 659. The van der Waals surface area contributed by atoms with E-state index in [4.69, 9.17) is 4.98 Å². The first-order valence-corrected chi connectivity index (χ1v) is 21.9. The summed E-state index contributed by atoms with van der Waals surface area (Å²) in [4.78, 5) is 11.5. The summed E-state index contributed by atoms with van der Waals surface area (Å²) >= 11 is 4.49. The maximum absolute atomic E-state index is 4.95. The molecule has 30 heavy (non-hydrogen) atoms. The molecule has 0 aliphatic heterocycles. The van der Waals surface area contributed by atoms with Gasteiger partial charge in [-0.05, 0) is 34.3 Å². The van der Waals surface area contributed by atoms with E-state index in [1.165, 1.54) is 61.6 Å². The van der Waals surface area contributed by atoms with Crippen LogP contribution in [0.4, 0.5) is 0 Å². The largest absolute Gasteiger partial charge is 0.248 e. The van der Waals surface area contributed by atoms with Gasteiger partial charge in [0.2, 0.25) is 0 Å². The molecular formula is C24H39BrN2S2Sn. The summed E-state index contributed by atoms with van der Waals surface area (Å²) in [6, 6.07) is 8.67. The van der Waals surface area contributed by atoms with Gasteiger partial charge < -0.3 is 0 Å². The summed E-state index contributed by atoms with van der Waals surface area (Å²) in [5.74, 6) is 0. The summed E-state index contributed by atoms with van der Waals surface area (Å²) in [7, 11) is 0. The number of rotatable bonds is 12. The zero-order valence-corrected chi connectivity index (χ0v) is 25.5. The number of aromatic nitrogens is 2. The molecule has 0 saturated carbocycles. The third-order valence-corrected chi connectivity index (χ3v) is 22.5. The molecule has 0 spiro atoms. The molecular weight excluding hydrogens is 579 g/mol. The van der Waals surface area contributed by atoms with Crippen LogP contribution in [-0.4, -0.2) is 40.9 Å². The van der Waals surface area contributed by atoms with Crippen molar-refractivity contribution in [2.75, 3.05) is 12.5 Å². The van der Waals surface area contributed by atoms with Crippen LogP contribution in [0, 0.1) is 0 Å². The molecule has 2 aromatic rings. The normalized spacial score (nSPS) is 11.1. The average Bonchev–Trinajstić information content (AvgIpc) is 2.80. The van der Waals surface area contributed by atoms with E-state index in [-0.39, 0.29) is 0 Å². The number of thioether (sulfide) groups is 2. The summed E-state index contributed by atoms with van der Waals surface area (Å²) in [5, 5.41) is 0. The Morgan fingerprint density at radius 3 is 1.53 bits per heavy atom. The number of pyridine rings is 2. The minimum atomic E-state index is -2.27. The minimum absolute atomic E-state index is 0.889. The molecule has 0 saturated heterocycles. The van der Waals surface area contributed by atoms with Gasteiger partial charge in [-0.2, -0.15) is 0 Å². The van der Waals surface area contributed by atoms with Gasteiger partial charge in [-0.3, -0.25) is 0 Å². The van der Waals surface area contributed by atoms with Crippen LogP contribution in [0.1, 0.15) is 59.3 Å². The standard InChI is InChI=1S/C6H6BrNS.C6H6NS.3C4H9.Sn/c1-9-5-2-3-6(7)8-4-5;1-8-6-3-2-4-7-5-6;3*1-3-4-2;/h2-4H,1H3;2-3,5H,1H3;3*1,3-4H2,2H3;. The van der Waals surface area contributed by atoms with E-state index >= 15 is 0 Å². The molecule has 0 aliphatic rings. The second-order valence-corrected chi connectivity index (χ2v) is 23.3. The Labute approximate surface area is 206 Å². The molecule has 6 heteroatoms. The fourth-order valence-electron chi connectivity index (χ4n) is 3.60. The van der Waals surface area contributed by atoms with Crippen LogP contribution in [0.5, 0.6) is 0 Å². The monoisotopic (exact) mass is 618 g/mol. The first-order chi connectivity index (χ1) is 14.5. The number of halogens is 1. The van der Waals surface area contributed by atoms with Gasteiger partial charge in [0.25, 0.3) is 0 Å². The van der Waals surface area contributed by atoms with Crippen LogP contribution >= 0.6 is 39.5 Å². The van der Waals surface area contributed by atoms with Gasteiger partial charge in [0, 0.05) is 11.1 Å². The molecule has 0 bridgehead atoms. The van der Waals surface area contributed by atoms with E-state index in [0.717, 1.165) is 4.60 Å². The summed E-state index contributed by atoms with van der Waals surface area (Å²) in [6.07, 6.45) is 16.4. The second kappa shape index (κ2) is 16.8. The van der Waals surface area contributed by atoms with Gasteiger partial charge in [-0.15, -0.1) is 11.8 Å². The van der Waals surface area contributed by atoms with Crippen molar-refractivity contribution >= 4 is 61.5 Å². The first kappa shape index (κ1) is 28.3. The molecule has 0 unspecified atom stereocenters. The summed E-state index contributed by atoms with van der Waals surface area (Å²) < 4.78 is 6.97. The zero-order chi connectivity index (χ0) is 22.2. The Morgan fingerprint density at radius 1 is 0.733 bits per heavy atom. The minimum Gasteiger partial charge on any atom is -0.248 e. The van der Waals surface area contributed by atoms with Gasteiger partial charge in [-0.1, -0.05) is 0 Å². The molecule has 0 N–H and O–H groups in total. The molecule has 2 aromatic heterocycles. The van der Waals surface area contributed by atoms with E-state index < -0.39 is 18.4 Å². The predicted molar refractivity (Wildman–Crippen MR) is 144 cm³/mol. The van der Waals surface area contributed by atoms with Crippen LogP contribution in [0.15, 0.2) is 51.1 Å². The number of hydrogen-bond acceptors (Lipinski definition) is 4. The predicted octanol–water partition coefficient (Wildman–Crippen LogP) is 8.43. The number of hydrogen-bond donors (Lipinski definition) is 0. The Balaban J connectivity index is 0.000000414. The maximum Gasteiger partial charge on any atom is 0.106 e. The van der Waals surface area contributed by atoms with Gasteiger partial charge >= 0.3 is 141 Å². The van der Waals surface area contributed by atoms with Crippen LogP contribution in [-0.2, 0) is 0 Å². The van der Waals surface area contributed by atoms with Crippen LogP contribution < -0.4 is 3.71 Å². The van der Waals surface area contributed by atoms with E-state index in [0.29, 0.717) is 0 Å². The molecule has 2 nitrogen and oxygen atoms in total. The molecule has 2 heterocycles. The summed E-state index contributed by atoms with van der Waals surface area (Å²) in [5.41, 5.74) is 0. The fraction of sp³-hybridized carbons (Fsp3) is 0.583. The smallest absolute Gasteiger partial charge is 0.106 e. The molecule has 0 aromatic carbocycles. The number of unbranched alkanes of at least 4 members (excludes halogenated alkanes) is 3. The van der Waals surface area contributed by atoms with E-state index in [1.807, 2.05) is 24.6 Å². The van der Waals surface area contributed by atoms with E-state index in [1.54, 1.807) is 27.2 Å². The Kier molecular flexibility index (Phi) is 15.9. The molecule has 0 radical (unpaired) electrons. The first-order valence-electron chi connectivity index (χ1n) is 11.2. The molecule has 168 valence electrons.